The van der Waals surface area contributed by atoms with E-state index in [1.54, 1.807) is 36.2 Å². The van der Waals surface area contributed by atoms with Crippen molar-refractivity contribution in [2.24, 2.45) is 5.92 Å². The Morgan fingerprint density at radius 3 is 3.13 bits per heavy atom. The number of hydrogen-bond donors (Lipinski definition) is 2. The summed E-state index contributed by atoms with van der Waals surface area (Å²) in [6.07, 6.45) is 3.47. The Labute approximate surface area is 187 Å². The number of amides is 1. The molecule has 0 bridgehead atoms. The van der Waals surface area contributed by atoms with E-state index in [0.29, 0.717) is 39.7 Å². The maximum atomic E-state index is 12.6. The van der Waals surface area contributed by atoms with E-state index in [2.05, 4.69) is 25.3 Å². The number of ether oxygens (including phenoxy) is 1. The first kappa shape index (κ1) is 21.0. The summed E-state index contributed by atoms with van der Waals surface area (Å²) in [4.78, 5) is 23.4. The molecule has 1 aliphatic rings. The molecule has 0 spiro atoms. The van der Waals surface area contributed by atoms with Gasteiger partial charge in [-0.25, -0.2) is 9.67 Å². The SMILES string of the molecule is COc1ccc(Cl)cc1-c1nc(=S)n(CN2CCCC(C(=O)Nc3nccs3)C2)[nH]1. The van der Waals surface area contributed by atoms with Gasteiger partial charge in [0, 0.05) is 23.1 Å². The summed E-state index contributed by atoms with van der Waals surface area (Å²) in [5.41, 5.74) is 0.745. The van der Waals surface area contributed by atoms with Crippen molar-refractivity contribution in [1.82, 2.24) is 24.6 Å². The van der Waals surface area contributed by atoms with E-state index in [4.69, 9.17) is 28.6 Å². The Bertz CT molecular complexity index is 1080. The second-order valence-electron chi connectivity index (χ2n) is 7.01. The van der Waals surface area contributed by atoms with Crippen LogP contribution in [0.15, 0.2) is 29.8 Å². The zero-order chi connectivity index (χ0) is 21.1. The molecule has 30 heavy (non-hydrogen) atoms. The van der Waals surface area contributed by atoms with Crippen molar-refractivity contribution in [3.8, 4) is 17.1 Å². The predicted molar refractivity (Wildman–Crippen MR) is 119 cm³/mol. The molecule has 3 heterocycles. The van der Waals surface area contributed by atoms with Crippen LogP contribution in [0.5, 0.6) is 5.75 Å². The van der Waals surface area contributed by atoms with E-state index < -0.39 is 0 Å². The minimum Gasteiger partial charge on any atom is -0.496 e. The summed E-state index contributed by atoms with van der Waals surface area (Å²) in [5, 5.41) is 9.20. The zero-order valence-corrected chi connectivity index (χ0v) is 18.7. The van der Waals surface area contributed by atoms with Crippen molar-refractivity contribution in [3.63, 3.8) is 0 Å². The number of methoxy groups -OCH3 is 1. The average Bonchev–Trinajstić information content (AvgIpc) is 3.38. The first-order chi connectivity index (χ1) is 14.5. The number of thiazole rings is 1. The third-order valence-electron chi connectivity index (χ3n) is 4.98. The largest absolute Gasteiger partial charge is 0.496 e. The number of carbonyl (C=O) groups is 1. The highest BCUT2D eigenvalue weighted by Gasteiger charge is 2.26. The number of nitrogens with zero attached hydrogens (tertiary/aromatic N) is 4. The molecule has 1 fully saturated rings. The second kappa shape index (κ2) is 9.25. The maximum Gasteiger partial charge on any atom is 0.230 e. The van der Waals surface area contributed by atoms with Gasteiger partial charge in [-0.15, -0.1) is 11.3 Å². The molecule has 8 nitrogen and oxygen atoms in total. The van der Waals surface area contributed by atoms with Crippen molar-refractivity contribution in [2.75, 3.05) is 25.5 Å². The fourth-order valence-corrected chi connectivity index (χ4v) is 4.43. The first-order valence-electron chi connectivity index (χ1n) is 9.47. The summed E-state index contributed by atoms with van der Waals surface area (Å²) in [6, 6.07) is 5.35. The molecular formula is C19H21ClN6O2S2. The molecule has 1 amide bonds. The zero-order valence-electron chi connectivity index (χ0n) is 16.3. The molecule has 1 saturated heterocycles. The Kier molecular flexibility index (Phi) is 6.47. The van der Waals surface area contributed by atoms with E-state index >= 15 is 0 Å². The Morgan fingerprint density at radius 1 is 1.50 bits per heavy atom. The Morgan fingerprint density at radius 2 is 2.37 bits per heavy atom. The summed E-state index contributed by atoms with van der Waals surface area (Å²) in [7, 11) is 1.60. The predicted octanol–water partition coefficient (Wildman–Crippen LogP) is 4.03. The lowest BCUT2D eigenvalue weighted by Crippen LogP contribution is -2.41. The highest BCUT2D eigenvalue weighted by molar-refractivity contribution is 7.71. The van der Waals surface area contributed by atoms with Gasteiger partial charge in [0.05, 0.1) is 25.3 Å². The molecule has 3 aromatic rings. The molecule has 1 unspecified atom stereocenters. The van der Waals surface area contributed by atoms with Gasteiger partial charge in [0.15, 0.2) is 11.0 Å². The summed E-state index contributed by atoms with van der Waals surface area (Å²) >= 11 is 13.0. The summed E-state index contributed by atoms with van der Waals surface area (Å²) < 4.78 is 7.65. The normalized spacial score (nSPS) is 17.1. The third kappa shape index (κ3) is 4.72. The van der Waals surface area contributed by atoms with E-state index in [-0.39, 0.29) is 11.8 Å². The summed E-state index contributed by atoms with van der Waals surface area (Å²) in [5.74, 6) is 1.17. The number of hydrogen-bond acceptors (Lipinski definition) is 7. The topological polar surface area (TPSA) is 88.1 Å². The highest BCUT2D eigenvalue weighted by atomic mass is 35.5. The van der Waals surface area contributed by atoms with Gasteiger partial charge >= 0.3 is 0 Å². The number of anilines is 1. The second-order valence-corrected chi connectivity index (χ2v) is 8.71. The number of aromatic nitrogens is 4. The van der Waals surface area contributed by atoms with E-state index in [1.165, 1.54) is 11.3 Å². The van der Waals surface area contributed by atoms with Gasteiger partial charge in [-0.3, -0.25) is 14.8 Å². The van der Waals surface area contributed by atoms with Gasteiger partial charge in [0.2, 0.25) is 10.7 Å². The minimum absolute atomic E-state index is 0.00668. The van der Waals surface area contributed by atoms with Gasteiger partial charge in [0.1, 0.15) is 5.75 Å². The van der Waals surface area contributed by atoms with Crippen LogP contribution in [0.2, 0.25) is 5.02 Å². The average molecular weight is 465 g/mol. The number of nitrogens with one attached hydrogen (secondary N) is 2. The van der Waals surface area contributed by atoms with Crippen LogP contribution in [-0.2, 0) is 11.5 Å². The van der Waals surface area contributed by atoms with E-state index in [1.807, 2.05) is 5.38 Å². The number of likely N-dealkylation sites (tertiary alicyclic amines) is 1. The molecule has 2 N–H and O–H groups in total. The molecular weight excluding hydrogens is 444 g/mol. The van der Waals surface area contributed by atoms with Crippen molar-refractivity contribution in [3.05, 3.63) is 39.6 Å². The van der Waals surface area contributed by atoms with Gasteiger partial charge in [0.25, 0.3) is 0 Å². The lowest BCUT2D eigenvalue weighted by molar-refractivity contribution is -0.121. The highest BCUT2D eigenvalue weighted by Crippen LogP contribution is 2.30. The van der Waals surface area contributed by atoms with Crippen LogP contribution in [0.4, 0.5) is 5.13 Å². The lowest BCUT2D eigenvalue weighted by atomic mass is 9.97. The first-order valence-corrected chi connectivity index (χ1v) is 11.1. The Balaban J connectivity index is 1.46. The van der Waals surface area contributed by atoms with Crippen LogP contribution in [0, 0.1) is 10.7 Å². The van der Waals surface area contributed by atoms with Crippen molar-refractivity contribution in [1.29, 1.82) is 0 Å². The van der Waals surface area contributed by atoms with Crippen LogP contribution in [-0.4, -0.2) is 50.8 Å². The van der Waals surface area contributed by atoms with Crippen LogP contribution in [0.25, 0.3) is 11.4 Å². The smallest absolute Gasteiger partial charge is 0.230 e. The third-order valence-corrected chi connectivity index (χ3v) is 6.21. The molecule has 158 valence electrons. The van der Waals surface area contributed by atoms with Crippen LogP contribution < -0.4 is 10.1 Å². The number of benzene rings is 1. The number of H-pyrrole nitrogens is 1. The van der Waals surface area contributed by atoms with Crippen molar-refractivity contribution in [2.45, 2.75) is 19.5 Å². The minimum atomic E-state index is -0.0905. The van der Waals surface area contributed by atoms with Crippen LogP contribution in [0.1, 0.15) is 12.8 Å². The van der Waals surface area contributed by atoms with Gasteiger partial charge in [-0.1, -0.05) is 11.6 Å². The maximum absolute atomic E-state index is 12.6. The molecule has 11 heteroatoms. The number of aromatic amines is 1. The van der Waals surface area contributed by atoms with Gasteiger partial charge < -0.3 is 10.1 Å². The fraction of sp³-hybridized carbons (Fsp3) is 0.368. The summed E-state index contributed by atoms with van der Waals surface area (Å²) in [6.45, 7) is 2.06. The van der Waals surface area contributed by atoms with Crippen molar-refractivity contribution < 1.29 is 9.53 Å². The quantitative estimate of drug-likeness (QED) is 0.535. The number of halogens is 1. The molecule has 1 atom stereocenters. The number of carbonyl (C=O) groups excluding carboxylic acids is 1. The van der Waals surface area contributed by atoms with Gasteiger partial charge in [-0.05, 0) is 49.8 Å². The molecule has 0 aliphatic carbocycles. The molecule has 2 aromatic heterocycles. The van der Waals surface area contributed by atoms with E-state index in [0.717, 1.165) is 24.9 Å². The number of rotatable bonds is 6. The Hall–Kier alpha value is -2.27. The standard InChI is InChI=1S/C19H21ClN6O2S2/c1-28-15-5-4-13(20)9-14(15)16-22-19(29)26(24-16)11-25-7-2-3-12(10-25)17(27)23-18-21-6-8-30-18/h4-6,8-9,12H,2-3,7,10-11H2,1H3,(H,21,23,27)(H,22,24,29). The fourth-order valence-electron chi connectivity index (χ4n) is 3.53. The molecule has 4 rings (SSSR count). The van der Waals surface area contributed by atoms with Gasteiger partial charge in [-0.2, -0.15) is 4.98 Å². The van der Waals surface area contributed by atoms with Crippen molar-refractivity contribution >= 4 is 46.2 Å². The molecule has 1 aromatic carbocycles. The molecule has 0 saturated carbocycles. The monoisotopic (exact) mass is 464 g/mol. The van der Waals surface area contributed by atoms with Crippen LogP contribution >= 0.6 is 35.2 Å². The number of piperidine rings is 1. The van der Waals surface area contributed by atoms with E-state index in [9.17, 15) is 4.79 Å². The van der Waals surface area contributed by atoms with Crippen LogP contribution in [0.3, 0.4) is 0 Å². The lowest BCUT2D eigenvalue weighted by Gasteiger charge is -2.31. The molecule has 1 aliphatic heterocycles. The molecule has 0 radical (unpaired) electrons.